The third kappa shape index (κ3) is 2.21. The number of fused-ring (bicyclic) bond motifs is 1. The van der Waals surface area contributed by atoms with Crippen LogP contribution >= 0.6 is 0 Å². The molecular formula is C13H22N4. The summed E-state index contributed by atoms with van der Waals surface area (Å²) in [4.78, 5) is 8.09. The van der Waals surface area contributed by atoms with Crippen LogP contribution in [0.25, 0.3) is 11.2 Å². The van der Waals surface area contributed by atoms with Gasteiger partial charge in [-0.3, -0.25) is 0 Å². The highest BCUT2D eigenvalue weighted by Crippen LogP contribution is 2.23. The minimum atomic E-state index is 0.408. The van der Waals surface area contributed by atoms with Gasteiger partial charge in [0.25, 0.3) is 0 Å². The van der Waals surface area contributed by atoms with Crippen molar-refractivity contribution in [2.75, 3.05) is 0 Å². The molecule has 0 saturated heterocycles. The van der Waals surface area contributed by atoms with Gasteiger partial charge in [0.15, 0.2) is 5.65 Å². The maximum absolute atomic E-state index is 4.71. The molecule has 2 rings (SSSR count). The average Bonchev–Trinajstić information content (AvgIpc) is 2.87. The highest BCUT2D eigenvalue weighted by Gasteiger charge is 2.15. The van der Waals surface area contributed by atoms with E-state index >= 15 is 0 Å². The zero-order chi connectivity index (χ0) is 12.4. The van der Waals surface area contributed by atoms with Crippen LogP contribution in [-0.4, -0.2) is 19.7 Å². The summed E-state index contributed by atoms with van der Waals surface area (Å²) in [5.74, 6) is 1.59. The first kappa shape index (κ1) is 12.1. The third-order valence-electron chi connectivity index (χ3n) is 3.46. The maximum atomic E-state index is 4.71. The number of aromatic amines is 1. The highest BCUT2D eigenvalue weighted by atomic mass is 15.3. The van der Waals surface area contributed by atoms with Gasteiger partial charge >= 0.3 is 0 Å². The van der Waals surface area contributed by atoms with E-state index in [1.54, 1.807) is 0 Å². The molecule has 0 saturated carbocycles. The molecule has 0 bridgehead atoms. The van der Waals surface area contributed by atoms with E-state index in [1.807, 2.05) is 10.9 Å². The van der Waals surface area contributed by atoms with Gasteiger partial charge in [0.2, 0.25) is 0 Å². The van der Waals surface area contributed by atoms with Gasteiger partial charge in [-0.2, -0.15) is 5.10 Å². The number of imidazole rings is 1. The Balaban J connectivity index is 2.34. The first-order valence-corrected chi connectivity index (χ1v) is 6.60. The molecule has 0 aliphatic heterocycles. The molecule has 0 spiro atoms. The fourth-order valence-corrected chi connectivity index (χ4v) is 2.13. The number of nitrogens with zero attached hydrogens (tertiary/aromatic N) is 3. The van der Waals surface area contributed by atoms with Crippen molar-refractivity contribution in [1.29, 1.82) is 0 Å². The summed E-state index contributed by atoms with van der Waals surface area (Å²) in [7, 11) is 0. The van der Waals surface area contributed by atoms with Crippen LogP contribution < -0.4 is 0 Å². The molecule has 0 unspecified atom stereocenters. The van der Waals surface area contributed by atoms with Crippen molar-refractivity contribution in [2.45, 2.75) is 58.9 Å². The lowest BCUT2D eigenvalue weighted by atomic mass is 10.1. The van der Waals surface area contributed by atoms with Gasteiger partial charge in [-0.05, 0) is 19.8 Å². The predicted octanol–water partition coefficient (Wildman–Crippen LogP) is 3.63. The minimum absolute atomic E-state index is 0.408. The summed E-state index contributed by atoms with van der Waals surface area (Å²) in [6.07, 6.45) is 5.32. The highest BCUT2D eigenvalue weighted by molar-refractivity contribution is 5.70. The monoisotopic (exact) mass is 234 g/mol. The van der Waals surface area contributed by atoms with Crippen molar-refractivity contribution in [1.82, 2.24) is 19.7 Å². The van der Waals surface area contributed by atoms with E-state index in [2.05, 4.69) is 37.8 Å². The number of H-pyrrole nitrogens is 1. The van der Waals surface area contributed by atoms with Crippen molar-refractivity contribution in [2.24, 2.45) is 0 Å². The van der Waals surface area contributed by atoms with Gasteiger partial charge in [-0.15, -0.1) is 0 Å². The van der Waals surface area contributed by atoms with Crippen LogP contribution in [0.3, 0.4) is 0 Å². The second kappa shape index (κ2) is 4.90. The Morgan fingerprint density at radius 3 is 2.76 bits per heavy atom. The second-order valence-electron chi connectivity index (χ2n) is 4.90. The smallest absolute Gasteiger partial charge is 0.176 e. The number of rotatable bonds is 5. The molecule has 4 nitrogen and oxygen atoms in total. The summed E-state index contributed by atoms with van der Waals surface area (Å²) in [5, 5.41) is 4.40. The standard InChI is InChI=1S/C13H22N4/c1-5-7-9(3)12-15-11-8-14-17(10(4)6-2)13(11)16-12/h8-10H,5-7H2,1-4H3,(H,15,16)/t9-,10-/m0/s1. The van der Waals surface area contributed by atoms with Crippen LogP contribution in [0.1, 0.15) is 64.7 Å². The molecule has 0 aliphatic carbocycles. The molecule has 0 amide bonds. The zero-order valence-electron chi connectivity index (χ0n) is 11.2. The SMILES string of the molecule is CCC[C@H](C)c1nc2c(cnn2[C@@H](C)CC)[nH]1. The van der Waals surface area contributed by atoms with Crippen molar-refractivity contribution in [3.05, 3.63) is 12.0 Å². The van der Waals surface area contributed by atoms with Crippen LogP contribution in [0, 0.1) is 0 Å². The lowest BCUT2D eigenvalue weighted by Gasteiger charge is -2.09. The Kier molecular flexibility index (Phi) is 3.50. The van der Waals surface area contributed by atoms with E-state index in [-0.39, 0.29) is 0 Å². The Bertz CT molecular complexity index is 483. The molecule has 2 aromatic heterocycles. The van der Waals surface area contributed by atoms with E-state index in [0.717, 1.165) is 23.4 Å². The molecule has 94 valence electrons. The fraction of sp³-hybridized carbons (Fsp3) is 0.692. The predicted molar refractivity (Wildman–Crippen MR) is 70.2 cm³/mol. The van der Waals surface area contributed by atoms with E-state index in [0.29, 0.717) is 12.0 Å². The van der Waals surface area contributed by atoms with Crippen LogP contribution in [-0.2, 0) is 0 Å². The molecule has 1 N–H and O–H groups in total. The molecule has 2 aromatic rings. The van der Waals surface area contributed by atoms with Gasteiger partial charge in [0, 0.05) is 5.92 Å². The summed E-state index contributed by atoms with van der Waals surface area (Å²) in [5.41, 5.74) is 2.06. The van der Waals surface area contributed by atoms with Crippen molar-refractivity contribution in [3.8, 4) is 0 Å². The van der Waals surface area contributed by atoms with E-state index in [9.17, 15) is 0 Å². The topological polar surface area (TPSA) is 46.5 Å². The Hall–Kier alpha value is -1.32. The normalized spacial score (nSPS) is 15.3. The number of hydrogen-bond donors (Lipinski definition) is 1. The van der Waals surface area contributed by atoms with Crippen LogP contribution in [0.4, 0.5) is 0 Å². The second-order valence-corrected chi connectivity index (χ2v) is 4.90. The molecule has 2 heterocycles. The number of hydrogen-bond acceptors (Lipinski definition) is 2. The molecule has 0 aliphatic rings. The Morgan fingerprint density at radius 2 is 2.12 bits per heavy atom. The summed E-state index contributed by atoms with van der Waals surface area (Å²) >= 11 is 0. The fourth-order valence-electron chi connectivity index (χ4n) is 2.13. The third-order valence-corrected chi connectivity index (χ3v) is 3.46. The van der Waals surface area contributed by atoms with Gasteiger partial charge in [-0.1, -0.05) is 27.2 Å². The summed E-state index contributed by atoms with van der Waals surface area (Å²) < 4.78 is 2.02. The van der Waals surface area contributed by atoms with Crippen molar-refractivity contribution in [3.63, 3.8) is 0 Å². The summed E-state index contributed by atoms with van der Waals surface area (Å²) in [6, 6.07) is 0.408. The molecular weight excluding hydrogens is 212 g/mol. The largest absolute Gasteiger partial charge is 0.339 e. The lowest BCUT2D eigenvalue weighted by Crippen LogP contribution is -2.06. The first-order chi connectivity index (χ1) is 8.17. The van der Waals surface area contributed by atoms with Crippen LogP contribution in [0.2, 0.25) is 0 Å². The van der Waals surface area contributed by atoms with Crippen LogP contribution in [0.5, 0.6) is 0 Å². The molecule has 4 heteroatoms. The van der Waals surface area contributed by atoms with Crippen molar-refractivity contribution < 1.29 is 0 Å². The van der Waals surface area contributed by atoms with Crippen LogP contribution in [0.15, 0.2) is 6.20 Å². The van der Waals surface area contributed by atoms with E-state index < -0.39 is 0 Å². The summed E-state index contributed by atoms with van der Waals surface area (Å²) in [6.45, 7) is 8.78. The minimum Gasteiger partial charge on any atom is -0.339 e. The first-order valence-electron chi connectivity index (χ1n) is 6.60. The zero-order valence-corrected chi connectivity index (χ0v) is 11.2. The molecule has 0 fully saturated rings. The molecule has 2 atom stereocenters. The van der Waals surface area contributed by atoms with E-state index in [4.69, 9.17) is 4.98 Å². The van der Waals surface area contributed by atoms with Crippen molar-refractivity contribution >= 4 is 11.2 Å². The number of nitrogens with one attached hydrogen (secondary N) is 1. The number of aromatic nitrogens is 4. The lowest BCUT2D eigenvalue weighted by molar-refractivity contribution is 0.489. The van der Waals surface area contributed by atoms with Gasteiger partial charge < -0.3 is 4.98 Å². The van der Waals surface area contributed by atoms with Gasteiger partial charge in [0.05, 0.1) is 12.2 Å². The quantitative estimate of drug-likeness (QED) is 0.858. The molecule has 0 radical (unpaired) electrons. The van der Waals surface area contributed by atoms with Gasteiger partial charge in [0.1, 0.15) is 11.3 Å². The van der Waals surface area contributed by atoms with Gasteiger partial charge in [-0.25, -0.2) is 9.67 Å². The van der Waals surface area contributed by atoms with E-state index in [1.165, 1.54) is 12.8 Å². The molecule has 17 heavy (non-hydrogen) atoms. The Morgan fingerprint density at radius 1 is 1.35 bits per heavy atom. The Labute approximate surface area is 102 Å². The average molecular weight is 234 g/mol. The maximum Gasteiger partial charge on any atom is 0.176 e. The molecule has 0 aromatic carbocycles.